The van der Waals surface area contributed by atoms with Crippen molar-refractivity contribution in [1.82, 2.24) is 10.2 Å². The summed E-state index contributed by atoms with van der Waals surface area (Å²) in [6.07, 6.45) is 0.563. The van der Waals surface area contributed by atoms with Gasteiger partial charge in [0.1, 0.15) is 5.82 Å². The van der Waals surface area contributed by atoms with Crippen molar-refractivity contribution in [2.45, 2.75) is 12.5 Å². The molecule has 5 rings (SSSR count). The quantitative estimate of drug-likeness (QED) is 0.517. The van der Waals surface area contributed by atoms with Crippen LogP contribution in [0, 0.1) is 29.3 Å². The van der Waals surface area contributed by atoms with Crippen molar-refractivity contribution in [2.24, 2.45) is 11.8 Å². The zero-order chi connectivity index (χ0) is 26.3. The average Bonchev–Trinajstić information content (AvgIpc) is 3.31. The van der Waals surface area contributed by atoms with Gasteiger partial charge < -0.3 is 19.7 Å². The number of methoxy groups -OCH3 is 2. The van der Waals surface area contributed by atoms with Gasteiger partial charge in [-0.05, 0) is 47.9 Å². The summed E-state index contributed by atoms with van der Waals surface area (Å²) < 4.78 is 51.9. The van der Waals surface area contributed by atoms with Crippen LogP contribution in [-0.2, 0) is 6.42 Å². The number of carbonyl (C=O) groups excluding carboxylic acids is 2. The molecule has 0 bridgehead atoms. The highest BCUT2D eigenvalue weighted by molar-refractivity contribution is 5.96. The molecule has 0 spiro atoms. The number of ether oxygens (including phenoxy) is 2. The standard InChI is InChI=1S/C28H25F3N2O4/c1-36-22-12-19(23(30)26(37-2)24(22)31)27(34)32-25-20-13-33(14-21(20)25)28(35)17-8-6-15(7-9-17)10-16-4-3-5-18(29)11-16/h3-9,11-12,20-21,25H,10,13-14H2,1-2H3,(H,32,34)/t20-,21-/m1/s1. The molecule has 3 aromatic rings. The van der Waals surface area contributed by atoms with E-state index in [1.54, 1.807) is 23.1 Å². The first-order valence-corrected chi connectivity index (χ1v) is 11.8. The van der Waals surface area contributed by atoms with Gasteiger partial charge in [-0.3, -0.25) is 9.59 Å². The van der Waals surface area contributed by atoms with Crippen LogP contribution in [-0.4, -0.2) is 50.1 Å². The van der Waals surface area contributed by atoms with Crippen LogP contribution in [0.25, 0.3) is 0 Å². The zero-order valence-corrected chi connectivity index (χ0v) is 20.3. The minimum absolute atomic E-state index is 0.0625. The van der Waals surface area contributed by atoms with Gasteiger partial charge in [0.05, 0.1) is 19.8 Å². The van der Waals surface area contributed by atoms with E-state index in [1.807, 2.05) is 18.2 Å². The van der Waals surface area contributed by atoms with E-state index in [4.69, 9.17) is 9.47 Å². The molecule has 0 aromatic heterocycles. The third kappa shape index (κ3) is 4.73. The largest absolute Gasteiger partial charge is 0.494 e. The van der Waals surface area contributed by atoms with Gasteiger partial charge in [0.15, 0.2) is 17.3 Å². The van der Waals surface area contributed by atoms with Crippen LogP contribution in [0.5, 0.6) is 11.5 Å². The van der Waals surface area contributed by atoms with Crippen molar-refractivity contribution in [3.05, 3.63) is 94.3 Å². The maximum Gasteiger partial charge on any atom is 0.254 e. The van der Waals surface area contributed by atoms with Gasteiger partial charge in [-0.15, -0.1) is 0 Å². The Bertz CT molecular complexity index is 1350. The second-order valence-electron chi connectivity index (χ2n) is 9.33. The summed E-state index contributed by atoms with van der Waals surface area (Å²) in [5.41, 5.74) is 2.00. The van der Waals surface area contributed by atoms with Crippen LogP contribution in [0.3, 0.4) is 0 Å². The van der Waals surface area contributed by atoms with Crippen LogP contribution in [0.15, 0.2) is 54.6 Å². The van der Waals surface area contributed by atoms with E-state index in [9.17, 15) is 22.8 Å². The molecule has 37 heavy (non-hydrogen) atoms. The highest BCUT2D eigenvalue weighted by Crippen LogP contribution is 2.46. The minimum atomic E-state index is -1.10. The number of carbonyl (C=O) groups is 2. The molecule has 2 fully saturated rings. The van der Waals surface area contributed by atoms with Crippen molar-refractivity contribution < 1.29 is 32.2 Å². The molecule has 3 aromatic carbocycles. The Morgan fingerprint density at radius 3 is 2.24 bits per heavy atom. The molecule has 2 amide bonds. The number of benzene rings is 3. The van der Waals surface area contributed by atoms with E-state index >= 15 is 0 Å². The summed E-state index contributed by atoms with van der Waals surface area (Å²) in [6.45, 7) is 0.941. The number of piperidine rings is 1. The van der Waals surface area contributed by atoms with Gasteiger partial charge in [0.25, 0.3) is 11.8 Å². The lowest BCUT2D eigenvalue weighted by Gasteiger charge is -2.21. The summed E-state index contributed by atoms with van der Waals surface area (Å²) >= 11 is 0. The molecule has 6 nitrogen and oxygen atoms in total. The van der Waals surface area contributed by atoms with Crippen molar-refractivity contribution in [2.75, 3.05) is 27.3 Å². The molecule has 1 heterocycles. The highest BCUT2D eigenvalue weighted by Gasteiger charge is 2.57. The first-order chi connectivity index (χ1) is 17.8. The fraction of sp³-hybridized carbons (Fsp3) is 0.286. The molecule has 1 N–H and O–H groups in total. The van der Waals surface area contributed by atoms with E-state index in [0.717, 1.165) is 24.3 Å². The molecule has 2 aliphatic rings. The lowest BCUT2D eigenvalue weighted by atomic mass is 10.0. The van der Waals surface area contributed by atoms with Crippen molar-refractivity contribution in [3.8, 4) is 11.5 Å². The van der Waals surface area contributed by atoms with Crippen molar-refractivity contribution in [3.63, 3.8) is 0 Å². The van der Waals surface area contributed by atoms with Crippen LogP contribution in [0.1, 0.15) is 31.8 Å². The number of hydrogen-bond donors (Lipinski definition) is 1. The smallest absolute Gasteiger partial charge is 0.254 e. The Kier molecular flexibility index (Phi) is 6.54. The topological polar surface area (TPSA) is 67.9 Å². The number of amides is 2. The molecule has 192 valence electrons. The number of rotatable bonds is 7. The summed E-state index contributed by atoms with van der Waals surface area (Å²) in [5.74, 6) is -4.04. The Morgan fingerprint density at radius 2 is 1.62 bits per heavy atom. The van der Waals surface area contributed by atoms with Gasteiger partial charge in [0.2, 0.25) is 5.82 Å². The first kappa shape index (κ1) is 24.7. The molecule has 1 saturated carbocycles. The number of nitrogens with one attached hydrogen (secondary N) is 1. The average molecular weight is 511 g/mol. The number of likely N-dealkylation sites (tertiary alicyclic amines) is 1. The van der Waals surface area contributed by atoms with Gasteiger partial charge >= 0.3 is 0 Å². The van der Waals surface area contributed by atoms with Crippen molar-refractivity contribution >= 4 is 11.8 Å². The molecule has 9 heteroatoms. The molecule has 2 atom stereocenters. The Hall–Kier alpha value is -4.01. The van der Waals surface area contributed by atoms with E-state index in [-0.39, 0.29) is 40.9 Å². The molecule has 1 saturated heterocycles. The number of halogens is 3. The normalized spacial score (nSPS) is 19.8. The Balaban J connectivity index is 1.18. The third-order valence-corrected chi connectivity index (χ3v) is 7.07. The SMILES string of the molecule is COc1cc(C(=O)NC2[C@@H]3CN(C(=O)c4ccc(Cc5cccc(F)c5)cc4)C[C@@H]23)c(F)c(OC)c1F. The summed E-state index contributed by atoms with van der Waals surface area (Å²) in [7, 11) is 2.32. The van der Waals surface area contributed by atoms with Crippen molar-refractivity contribution in [1.29, 1.82) is 0 Å². The number of hydrogen-bond acceptors (Lipinski definition) is 4. The third-order valence-electron chi connectivity index (χ3n) is 7.07. The lowest BCUT2D eigenvalue weighted by molar-refractivity contribution is 0.0769. The predicted molar refractivity (Wildman–Crippen MR) is 129 cm³/mol. The van der Waals surface area contributed by atoms with Crippen LogP contribution in [0.2, 0.25) is 0 Å². The highest BCUT2D eigenvalue weighted by atomic mass is 19.1. The fourth-order valence-corrected chi connectivity index (χ4v) is 5.05. The van der Waals surface area contributed by atoms with Crippen LogP contribution >= 0.6 is 0 Å². The predicted octanol–water partition coefficient (Wildman–Crippen LogP) is 4.21. The van der Waals surface area contributed by atoms with Crippen LogP contribution in [0.4, 0.5) is 13.2 Å². The fourth-order valence-electron chi connectivity index (χ4n) is 5.05. The number of nitrogens with zero attached hydrogens (tertiary/aromatic N) is 1. The summed E-state index contributed by atoms with van der Waals surface area (Å²) in [6, 6.07) is 14.5. The second kappa shape index (κ2) is 9.80. The van der Waals surface area contributed by atoms with Crippen LogP contribution < -0.4 is 14.8 Å². The van der Waals surface area contributed by atoms with E-state index in [2.05, 4.69) is 5.32 Å². The summed E-state index contributed by atoms with van der Waals surface area (Å²) in [5, 5.41) is 2.79. The molecule has 0 radical (unpaired) electrons. The van der Waals surface area contributed by atoms with Gasteiger partial charge in [-0.25, -0.2) is 8.78 Å². The van der Waals surface area contributed by atoms with E-state index < -0.39 is 23.3 Å². The van der Waals surface area contributed by atoms with Gasteiger partial charge in [-0.2, -0.15) is 4.39 Å². The maximum atomic E-state index is 14.6. The molecular weight excluding hydrogens is 485 g/mol. The maximum absolute atomic E-state index is 14.6. The first-order valence-electron chi connectivity index (χ1n) is 11.8. The Labute approximate surface area is 212 Å². The number of fused-ring (bicyclic) bond motifs is 1. The van der Waals surface area contributed by atoms with Gasteiger partial charge in [-0.1, -0.05) is 24.3 Å². The zero-order valence-electron chi connectivity index (χ0n) is 20.3. The molecule has 1 aliphatic carbocycles. The summed E-state index contributed by atoms with van der Waals surface area (Å²) in [4.78, 5) is 27.4. The monoisotopic (exact) mass is 510 g/mol. The minimum Gasteiger partial charge on any atom is -0.494 e. The molecular formula is C28H25F3N2O4. The Morgan fingerprint density at radius 1 is 0.919 bits per heavy atom. The van der Waals surface area contributed by atoms with E-state index in [0.29, 0.717) is 25.1 Å². The molecule has 0 unspecified atom stereocenters. The molecule has 1 aliphatic heterocycles. The van der Waals surface area contributed by atoms with E-state index in [1.165, 1.54) is 19.2 Å². The second-order valence-corrected chi connectivity index (χ2v) is 9.33. The lowest BCUT2D eigenvalue weighted by Crippen LogP contribution is -2.37. The van der Waals surface area contributed by atoms with Gasteiger partial charge in [0, 0.05) is 36.5 Å².